The van der Waals surface area contributed by atoms with Gasteiger partial charge in [0.1, 0.15) is 0 Å². The quantitative estimate of drug-likeness (QED) is 0.401. The van der Waals surface area contributed by atoms with Crippen LogP contribution in [-0.4, -0.2) is 99.3 Å². The fraction of sp³-hybridized carbons (Fsp3) is 0.875. The Morgan fingerprint density at radius 3 is 1.75 bits per heavy atom. The molecule has 2 atom stereocenters. The van der Waals surface area contributed by atoms with Gasteiger partial charge in [0.25, 0.3) is 0 Å². The summed E-state index contributed by atoms with van der Waals surface area (Å²) in [7, 11) is 0. The van der Waals surface area contributed by atoms with E-state index in [1.54, 1.807) is 0 Å². The molecule has 0 aromatic heterocycles. The molecule has 0 aliphatic rings. The molecule has 91 valence electrons. The van der Waals surface area contributed by atoms with Gasteiger partial charge in [-0.1, -0.05) is 0 Å². The number of hydrogen-bond donors (Lipinski definition) is 3. The molecule has 0 aromatic carbocycles. The van der Waals surface area contributed by atoms with Crippen LogP contribution in [-0.2, 0) is 4.79 Å². The zero-order valence-electron chi connectivity index (χ0n) is 9.14. The van der Waals surface area contributed by atoms with Gasteiger partial charge in [-0.15, -0.1) is 23.2 Å². The van der Waals surface area contributed by atoms with Gasteiger partial charge in [-0.3, -0.25) is 9.69 Å². The molecule has 16 heavy (non-hydrogen) atoms. The summed E-state index contributed by atoms with van der Waals surface area (Å²) in [5.74, 6) is -0.987. The van der Waals surface area contributed by atoms with Crippen LogP contribution in [0, 0.1) is 0 Å². The van der Waals surface area contributed by atoms with Gasteiger partial charge in [-0.25, -0.2) is 0 Å². The summed E-state index contributed by atoms with van der Waals surface area (Å²) in [4.78, 5) is 11.9. The van der Waals surface area contributed by atoms with Crippen molar-refractivity contribution in [3.05, 3.63) is 0 Å². The summed E-state index contributed by atoms with van der Waals surface area (Å²) >= 11 is 10.8. The van der Waals surface area contributed by atoms with Crippen LogP contribution in [0.3, 0.4) is 0 Å². The molecule has 8 heteroatoms. The van der Waals surface area contributed by atoms with Crippen LogP contribution in [0.1, 0.15) is 0 Å². The van der Waals surface area contributed by atoms with Gasteiger partial charge in [-0.2, -0.15) is 0 Å². The van der Waals surface area contributed by atoms with E-state index < -0.39 is 18.2 Å². The van der Waals surface area contributed by atoms with Crippen molar-refractivity contribution in [2.24, 2.45) is 0 Å². The van der Waals surface area contributed by atoms with E-state index in [0.717, 1.165) is 0 Å². The number of carbonyl (C=O) groups is 1. The van der Waals surface area contributed by atoms with Crippen molar-refractivity contribution in [2.75, 3.05) is 31.4 Å². The van der Waals surface area contributed by atoms with Crippen LogP contribution in [0.25, 0.3) is 0 Å². The van der Waals surface area contributed by atoms with Crippen molar-refractivity contribution in [2.45, 2.75) is 12.2 Å². The molecule has 0 heterocycles. The molecule has 1 radical (unpaired) electrons. The van der Waals surface area contributed by atoms with E-state index in [0.29, 0.717) is 0 Å². The van der Waals surface area contributed by atoms with Crippen LogP contribution in [0.5, 0.6) is 0 Å². The van der Waals surface area contributed by atoms with Gasteiger partial charge in [0.2, 0.25) is 0 Å². The van der Waals surface area contributed by atoms with Crippen molar-refractivity contribution in [3.8, 4) is 0 Å². The maximum Gasteiger partial charge on any atom is 0.317 e. The zero-order chi connectivity index (χ0) is 11.8. The van der Waals surface area contributed by atoms with Gasteiger partial charge in [0.15, 0.2) is 0 Å². The minimum atomic E-state index is -1.03. The molecule has 3 N–H and O–H groups in total. The van der Waals surface area contributed by atoms with Gasteiger partial charge in [0.05, 0.1) is 18.8 Å². The summed E-state index contributed by atoms with van der Waals surface area (Å²) in [5, 5.41) is 27.1. The van der Waals surface area contributed by atoms with Crippen LogP contribution < -0.4 is 0 Å². The number of aliphatic hydroxyl groups is 2. The van der Waals surface area contributed by atoms with E-state index >= 15 is 0 Å². The molecule has 0 spiro atoms. The van der Waals surface area contributed by atoms with Crippen molar-refractivity contribution in [3.63, 3.8) is 0 Å². The molecule has 0 aliphatic carbocycles. The number of alkyl halides is 2. The minimum absolute atomic E-state index is 0. The SMILES string of the molecule is O=C(O)CN(CC(O)CCl)CC(O)CCl.[Na]. The smallest absolute Gasteiger partial charge is 0.317 e. The number of halogens is 2. The Morgan fingerprint density at radius 1 is 1.12 bits per heavy atom. The van der Waals surface area contributed by atoms with Crippen molar-refractivity contribution in [1.82, 2.24) is 4.90 Å². The van der Waals surface area contributed by atoms with E-state index in [9.17, 15) is 15.0 Å². The van der Waals surface area contributed by atoms with Crippen LogP contribution >= 0.6 is 23.2 Å². The Morgan fingerprint density at radius 2 is 1.50 bits per heavy atom. The van der Waals surface area contributed by atoms with Gasteiger partial charge in [-0.05, 0) is 0 Å². The van der Waals surface area contributed by atoms with Gasteiger partial charge in [0, 0.05) is 54.4 Å². The fourth-order valence-electron chi connectivity index (χ4n) is 1.09. The zero-order valence-corrected chi connectivity index (χ0v) is 12.7. The molecular formula is C8H15Cl2NNaO4. The third-order valence-electron chi connectivity index (χ3n) is 1.65. The summed E-state index contributed by atoms with van der Waals surface area (Å²) in [6.45, 7) is -0.0601. The maximum absolute atomic E-state index is 10.5. The van der Waals surface area contributed by atoms with E-state index in [4.69, 9.17) is 28.3 Å². The number of rotatable bonds is 8. The first-order valence-electron chi connectivity index (χ1n) is 4.41. The van der Waals surface area contributed by atoms with Crippen molar-refractivity contribution in [1.29, 1.82) is 0 Å². The van der Waals surface area contributed by atoms with Crippen LogP contribution in [0.2, 0.25) is 0 Å². The summed E-state index contributed by atoms with van der Waals surface area (Å²) in [5.41, 5.74) is 0. The number of carboxylic acid groups (broad SMARTS) is 1. The van der Waals surface area contributed by atoms with Crippen molar-refractivity contribution < 1.29 is 20.1 Å². The standard InChI is InChI=1S/C8H15Cl2NO4.Na/c9-1-6(12)3-11(5-8(14)15)4-7(13)2-10;/h6-7,12-13H,1-5H2,(H,14,15);. The van der Waals surface area contributed by atoms with Gasteiger partial charge >= 0.3 is 5.97 Å². The second-order valence-corrected chi connectivity index (χ2v) is 3.82. The number of aliphatic carboxylic acids is 1. The molecular weight excluding hydrogens is 268 g/mol. The topological polar surface area (TPSA) is 81.0 Å². The monoisotopic (exact) mass is 282 g/mol. The molecule has 5 nitrogen and oxygen atoms in total. The predicted molar refractivity (Wildman–Crippen MR) is 63.3 cm³/mol. The molecule has 0 saturated heterocycles. The third kappa shape index (κ3) is 10.1. The average molecular weight is 283 g/mol. The van der Waals surface area contributed by atoms with Crippen LogP contribution in [0.15, 0.2) is 0 Å². The number of hydrogen-bond acceptors (Lipinski definition) is 4. The van der Waals surface area contributed by atoms with Crippen LogP contribution in [0.4, 0.5) is 0 Å². The first-order valence-corrected chi connectivity index (χ1v) is 5.48. The summed E-state index contributed by atoms with van der Waals surface area (Å²) in [6, 6.07) is 0. The van der Waals surface area contributed by atoms with E-state index in [2.05, 4.69) is 0 Å². The Bertz CT molecular complexity index is 187. The Hall–Kier alpha value is 0.930. The first kappa shape index (κ1) is 19.3. The van der Waals surface area contributed by atoms with E-state index in [-0.39, 0.29) is 61.0 Å². The molecule has 0 fully saturated rings. The predicted octanol–water partition coefficient (Wildman–Crippen LogP) is -0.808. The normalized spacial score (nSPS) is 14.3. The molecule has 0 rings (SSSR count). The second-order valence-electron chi connectivity index (χ2n) is 3.20. The average Bonchev–Trinajstić information content (AvgIpc) is 2.16. The Kier molecular flexibility index (Phi) is 13.3. The third-order valence-corrected chi connectivity index (χ3v) is 2.37. The number of aliphatic hydroxyl groups excluding tert-OH is 2. The first-order chi connectivity index (χ1) is 6.99. The molecule has 0 saturated carbocycles. The Balaban J connectivity index is 0. The minimum Gasteiger partial charge on any atom is -0.480 e. The maximum atomic E-state index is 10.5. The summed E-state index contributed by atoms with van der Waals surface area (Å²) in [6.07, 6.45) is -1.62. The van der Waals surface area contributed by atoms with Gasteiger partial charge < -0.3 is 15.3 Å². The Labute approximate surface area is 127 Å². The molecule has 2 unspecified atom stereocenters. The largest absolute Gasteiger partial charge is 0.480 e. The van der Waals surface area contributed by atoms with E-state index in [1.807, 2.05) is 0 Å². The second kappa shape index (κ2) is 11.0. The fourth-order valence-corrected chi connectivity index (χ4v) is 1.28. The number of nitrogens with zero attached hydrogens (tertiary/aromatic N) is 1. The van der Waals surface area contributed by atoms with Crippen molar-refractivity contribution >= 4 is 58.7 Å². The molecule has 0 bridgehead atoms. The molecule has 0 aliphatic heterocycles. The number of carboxylic acids is 1. The molecule has 0 amide bonds. The summed E-state index contributed by atoms with van der Waals surface area (Å²) < 4.78 is 0. The molecule has 0 aromatic rings. The van der Waals surface area contributed by atoms with E-state index in [1.165, 1.54) is 4.90 Å².